The molecule has 5 nitrogen and oxygen atoms in total. The molecule has 124 valence electrons. The average Bonchev–Trinajstić information content (AvgIpc) is 2.64. The molecule has 2 atom stereocenters. The number of allylic oxidation sites excluding steroid dienone is 3. The van der Waals surface area contributed by atoms with Crippen molar-refractivity contribution in [3.05, 3.63) is 22.8 Å². The highest BCUT2D eigenvalue weighted by Crippen LogP contribution is 2.46. The van der Waals surface area contributed by atoms with E-state index in [1.807, 2.05) is 0 Å². The fourth-order valence-corrected chi connectivity index (χ4v) is 5.66. The van der Waals surface area contributed by atoms with E-state index in [0.29, 0.717) is 9.97 Å². The van der Waals surface area contributed by atoms with E-state index < -0.39 is 26.8 Å². The first kappa shape index (κ1) is 17.4. The van der Waals surface area contributed by atoms with Crippen molar-refractivity contribution in [3.8, 4) is 0 Å². The first-order chi connectivity index (χ1) is 10.0. The Labute approximate surface area is 130 Å². The van der Waals surface area contributed by atoms with Gasteiger partial charge in [0.05, 0.1) is 10.9 Å². The Morgan fingerprint density at radius 2 is 2.09 bits per heavy atom. The number of halogens is 3. The van der Waals surface area contributed by atoms with E-state index in [0.717, 1.165) is 24.1 Å². The number of ketones is 1. The largest absolute Gasteiger partial charge is 0.544 e. The molecule has 0 bridgehead atoms. The number of hydrogen-bond acceptors (Lipinski definition) is 6. The van der Waals surface area contributed by atoms with E-state index in [4.69, 9.17) is 0 Å². The number of carbonyl (C=O) groups is 1. The Morgan fingerprint density at radius 3 is 2.59 bits per heavy atom. The minimum Gasteiger partial charge on any atom is -0.294 e. The normalized spacial score (nSPS) is 24.0. The molecule has 0 N–H and O–H groups in total. The summed E-state index contributed by atoms with van der Waals surface area (Å²) in [6.07, 6.45) is -1.50. The van der Waals surface area contributed by atoms with Crippen molar-refractivity contribution in [1.82, 2.24) is 5.06 Å². The van der Waals surface area contributed by atoms with Crippen LogP contribution in [-0.2, 0) is 19.5 Å². The zero-order valence-electron chi connectivity index (χ0n) is 11.8. The Morgan fingerprint density at radius 1 is 1.45 bits per heavy atom. The predicted molar refractivity (Wildman–Crippen MR) is 75.1 cm³/mol. The molecule has 0 aromatic carbocycles. The molecule has 0 saturated heterocycles. The van der Waals surface area contributed by atoms with Gasteiger partial charge in [-0.15, -0.1) is 13.2 Å². The summed E-state index contributed by atoms with van der Waals surface area (Å²) in [7, 11) is -3.59. The standard InChI is InChI=1S/C12H14F3NO4S2/c1-3-10(22(2,18)19)11-16(20-12(13,14)15)8-5-4-7(17)6-9(8)21-11/h4-5,10-11H,3,6H2,1-2H3. The number of carbonyl (C=O) groups excluding carboxylic acids is 1. The van der Waals surface area contributed by atoms with Crippen LogP contribution in [-0.4, -0.2) is 42.5 Å². The van der Waals surface area contributed by atoms with Gasteiger partial charge in [-0.05, 0) is 18.6 Å². The zero-order valence-corrected chi connectivity index (χ0v) is 13.4. The second-order valence-electron chi connectivity index (χ2n) is 4.93. The molecule has 0 aromatic rings. The van der Waals surface area contributed by atoms with E-state index in [9.17, 15) is 26.4 Å². The summed E-state index contributed by atoms with van der Waals surface area (Å²) in [5, 5.41) is -1.56. The lowest BCUT2D eigenvalue weighted by molar-refractivity contribution is -0.406. The molecule has 1 aliphatic heterocycles. The third-order valence-corrected chi connectivity index (χ3v) is 6.51. The van der Waals surface area contributed by atoms with E-state index in [1.165, 1.54) is 6.08 Å². The van der Waals surface area contributed by atoms with Crippen molar-refractivity contribution in [1.29, 1.82) is 0 Å². The Hall–Kier alpha value is -1.00. The van der Waals surface area contributed by atoms with E-state index in [-0.39, 0.29) is 24.3 Å². The molecule has 22 heavy (non-hydrogen) atoms. The lowest BCUT2D eigenvalue weighted by Crippen LogP contribution is -2.43. The van der Waals surface area contributed by atoms with Crippen LogP contribution < -0.4 is 0 Å². The highest BCUT2D eigenvalue weighted by molar-refractivity contribution is 8.05. The van der Waals surface area contributed by atoms with Crippen LogP contribution in [0.1, 0.15) is 19.8 Å². The van der Waals surface area contributed by atoms with Gasteiger partial charge in [0.25, 0.3) is 0 Å². The minimum atomic E-state index is -4.95. The van der Waals surface area contributed by atoms with Crippen molar-refractivity contribution in [3.63, 3.8) is 0 Å². The van der Waals surface area contributed by atoms with Crippen molar-refractivity contribution in [2.24, 2.45) is 0 Å². The Balaban J connectivity index is 2.39. The summed E-state index contributed by atoms with van der Waals surface area (Å²) in [5.74, 6) is -0.244. The first-order valence-electron chi connectivity index (χ1n) is 6.37. The van der Waals surface area contributed by atoms with Crippen LogP contribution in [0.3, 0.4) is 0 Å². The second-order valence-corrected chi connectivity index (χ2v) is 8.41. The molecule has 0 aromatic heterocycles. The van der Waals surface area contributed by atoms with Gasteiger partial charge in [-0.2, -0.15) is 4.84 Å². The molecule has 2 unspecified atom stereocenters. The Kier molecular flexibility index (Phi) is 4.65. The molecule has 1 aliphatic carbocycles. The van der Waals surface area contributed by atoms with Crippen molar-refractivity contribution in [2.75, 3.05) is 6.26 Å². The highest BCUT2D eigenvalue weighted by atomic mass is 32.2. The van der Waals surface area contributed by atoms with Gasteiger partial charge in [-0.1, -0.05) is 18.7 Å². The number of hydrogen-bond donors (Lipinski definition) is 0. The smallest absolute Gasteiger partial charge is 0.294 e. The summed E-state index contributed by atoms with van der Waals surface area (Å²) >= 11 is 0.936. The monoisotopic (exact) mass is 357 g/mol. The molecule has 0 amide bonds. The number of thioether (sulfide) groups is 1. The lowest BCUT2D eigenvalue weighted by atomic mass is 10.1. The van der Waals surface area contributed by atoms with Crippen LogP contribution in [0.4, 0.5) is 13.2 Å². The minimum absolute atomic E-state index is 0.0507. The Bertz CT molecular complexity index is 639. The van der Waals surface area contributed by atoms with Gasteiger partial charge in [-0.25, -0.2) is 13.5 Å². The predicted octanol–water partition coefficient (Wildman–Crippen LogP) is 2.38. The summed E-state index contributed by atoms with van der Waals surface area (Å²) in [4.78, 5) is 15.8. The average molecular weight is 357 g/mol. The maximum absolute atomic E-state index is 12.6. The summed E-state index contributed by atoms with van der Waals surface area (Å²) < 4.78 is 61.6. The van der Waals surface area contributed by atoms with Crippen LogP contribution in [0.15, 0.2) is 22.8 Å². The number of rotatable bonds is 4. The third-order valence-electron chi connectivity index (χ3n) is 3.25. The van der Waals surface area contributed by atoms with Crippen LogP contribution in [0.25, 0.3) is 0 Å². The molecule has 2 aliphatic rings. The van der Waals surface area contributed by atoms with Crippen LogP contribution in [0.5, 0.6) is 0 Å². The number of sulfone groups is 1. The van der Waals surface area contributed by atoms with Crippen LogP contribution in [0, 0.1) is 0 Å². The van der Waals surface area contributed by atoms with E-state index in [2.05, 4.69) is 4.84 Å². The SMILES string of the molecule is CCC(C1SC2=C(C=CC(=O)C2)N1OC(F)(F)F)S(C)(=O)=O. The number of nitrogens with zero attached hydrogens (tertiary/aromatic N) is 1. The van der Waals surface area contributed by atoms with Crippen molar-refractivity contribution < 1.29 is 31.2 Å². The van der Waals surface area contributed by atoms with Crippen molar-refractivity contribution >= 4 is 27.4 Å². The fourth-order valence-electron chi connectivity index (χ4n) is 2.36. The van der Waals surface area contributed by atoms with Crippen LogP contribution >= 0.6 is 11.8 Å². The third kappa shape index (κ3) is 3.66. The summed E-state index contributed by atoms with van der Waals surface area (Å²) in [5.41, 5.74) is 0.0917. The van der Waals surface area contributed by atoms with Gasteiger partial charge in [0, 0.05) is 17.6 Å². The zero-order chi connectivity index (χ0) is 16.7. The van der Waals surface area contributed by atoms with Gasteiger partial charge in [0.2, 0.25) is 0 Å². The maximum atomic E-state index is 12.6. The number of alkyl halides is 3. The molecule has 2 rings (SSSR count). The summed E-state index contributed by atoms with van der Waals surface area (Å²) in [6.45, 7) is 1.58. The highest BCUT2D eigenvalue weighted by Gasteiger charge is 2.47. The summed E-state index contributed by atoms with van der Waals surface area (Å²) in [6, 6.07) is 0. The molecule has 10 heteroatoms. The fraction of sp³-hybridized carbons (Fsp3) is 0.583. The van der Waals surface area contributed by atoms with Gasteiger partial charge in [0.1, 0.15) is 5.37 Å². The molecular formula is C12H14F3NO4S2. The second kappa shape index (κ2) is 5.89. The van der Waals surface area contributed by atoms with Gasteiger partial charge in [-0.3, -0.25) is 4.79 Å². The molecule has 1 heterocycles. The first-order valence-corrected chi connectivity index (χ1v) is 9.21. The van der Waals surface area contributed by atoms with E-state index >= 15 is 0 Å². The quantitative estimate of drug-likeness (QED) is 0.770. The van der Waals surface area contributed by atoms with Gasteiger partial charge in [0.15, 0.2) is 15.6 Å². The molecule has 0 fully saturated rings. The molecule has 0 radical (unpaired) electrons. The molecule has 0 spiro atoms. The van der Waals surface area contributed by atoms with E-state index in [1.54, 1.807) is 6.92 Å². The molecular weight excluding hydrogens is 343 g/mol. The maximum Gasteiger partial charge on any atom is 0.544 e. The molecule has 0 saturated carbocycles. The van der Waals surface area contributed by atoms with Gasteiger partial charge >= 0.3 is 6.36 Å². The topological polar surface area (TPSA) is 63.7 Å². The number of hydroxylamine groups is 2. The lowest BCUT2D eigenvalue weighted by Gasteiger charge is -2.31. The van der Waals surface area contributed by atoms with Crippen LogP contribution in [0.2, 0.25) is 0 Å². The van der Waals surface area contributed by atoms with Crippen molar-refractivity contribution in [2.45, 2.75) is 36.8 Å². The van der Waals surface area contributed by atoms with Gasteiger partial charge < -0.3 is 0 Å².